The van der Waals surface area contributed by atoms with Gasteiger partial charge in [0.1, 0.15) is 5.76 Å². The van der Waals surface area contributed by atoms with E-state index in [9.17, 15) is 9.90 Å². The number of carbonyl (C=O) groups is 1. The number of nitrogens with zero attached hydrogens (tertiary/aromatic N) is 4. The van der Waals surface area contributed by atoms with E-state index in [0.29, 0.717) is 30.0 Å². The maximum Gasteiger partial charge on any atom is 0.239 e. The average molecular weight is 978 g/mol. The Hall–Kier alpha value is -2.56. The van der Waals surface area contributed by atoms with E-state index in [4.69, 9.17) is 14.9 Å². The van der Waals surface area contributed by atoms with Crippen molar-refractivity contribution in [2.45, 2.75) is 64.8 Å². The van der Waals surface area contributed by atoms with Gasteiger partial charge in [0.05, 0.1) is 11.4 Å². The predicted octanol–water partition coefficient (Wildman–Crippen LogP) is 9.22. The second kappa shape index (κ2) is 14.7. The van der Waals surface area contributed by atoms with E-state index in [2.05, 4.69) is 93.9 Å². The second-order valence-electron chi connectivity index (χ2n) is 12.2. The second-order valence-corrected chi connectivity index (χ2v) is 15.9. The molecule has 0 aliphatic carbocycles. The molecule has 248 valence electrons. The van der Waals surface area contributed by atoms with E-state index in [1.807, 2.05) is 102 Å². The van der Waals surface area contributed by atoms with Crippen molar-refractivity contribution in [3.63, 3.8) is 0 Å². The Balaban J connectivity index is 1.63. The Morgan fingerprint density at radius 3 is 1.94 bits per heavy atom. The van der Waals surface area contributed by atoms with Gasteiger partial charge < -0.3 is 9.84 Å². The van der Waals surface area contributed by atoms with Gasteiger partial charge in [-0.05, 0) is 144 Å². The van der Waals surface area contributed by atoms with Crippen molar-refractivity contribution in [3.8, 4) is 0 Å². The van der Waals surface area contributed by atoms with Crippen LogP contribution in [-0.4, -0.2) is 30.5 Å². The SMILES string of the molecule is CCn1cc([C@@H](CC(=O)c2ccc(I)cc2)[C@@H]2[C@H](c3cn(CC)nc3C)C=C(c3ccc(I)cc3)O[C@]2(O)c2ccc(I)cc2)c(C)n1. The summed E-state index contributed by atoms with van der Waals surface area (Å²) < 4.78 is 13.9. The van der Waals surface area contributed by atoms with E-state index >= 15 is 0 Å². The third-order valence-electron chi connectivity index (χ3n) is 9.20. The van der Waals surface area contributed by atoms with Gasteiger partial charge in [0, 0.05) is 82.6 Å². The minimum atomic E-state index is -1.82. The first-order valence-electron chi connectivity index (χ1n) is 16.0. The van der Waals surface area contributed by atoms with Crippen LogP contribution in [0.15, 0.2) is 91.3 Å². The zero-order valence-electron chi connectivity index (χ0n) is 27.2. The number of carbonyl (C=O) groups excluding carboxylic acids is 1. The van der Waals surface area contributed by atoms with Crippen LogP contribution in [0.25, 0.3) is 5.76 Å². The molecule has 0 radical (unpaired) electrons. The molecule has 0 amide bonds. The Bertz CT molecular complexity index is 1950. The smallest absolute Gasteiger partial charge is 0.239 e. The number of ketones is 1. The molecule has 0 spiro atoms. The van der Waals surface area contributed by atoms with Gasteiger partial charge in [-0.2, -0.15) is 10.2 Å². The van der Waals surface area contributed by atoms with E-state index in [-0.39, 0.29) is 18.1 Å². The van der Waals surface area contributed by atoms with E-state index in [1.165, 1.54) is 0 Å². The Kier molecular flexibility index (Phi) is 10.8. The van der Waals surface area contributed by atoms with Crippen molar-refractivity contribution >= 4 is 79.3 Å². The molecule has 0 saturated carbocycles. The lowest BCUT2D eigenvalue weighted by molar-refractivity contribution is -0.221. The molecule has 0 fully saturated rings. The van der Waals surface area contributed by atoms with Crippen LogP contribution in [0, 0.1) is 30.5 Å². The monoisotopic (exact) mass is 978 g/mol. The van der Waals surface area contributed by atoms with E-state index < -0.39 is 17.6 Å². The van der Waals surface area contributed by atoms with Crippen LogP contribution in [-0.2, 0) is 23.6 Å². The lowest BCUT2D eigenvalue weighted by Gasteiger charge is -2.47. The van der Waals surface area contributed by atoms with Crippen molar-refractivity contribution in [2.75, 3.05) is 0 Å². The fraction of sp³-hybridized carbons (Fsp3) is 0.289. The maximum atomic E-state index is 14.3. The summed E-state index contributed by atoms with van der Waals surface area (Å²) in [5.41, 5.74) is 5.74. The molecular weight excluding hydrogens is 941 g/mol. The van der Waals surface area contributed by atoms with E-state index in [1.54, 1.807) is 0 Å². The molecule has 0 bridgehead atoms. The number of rotatable bonds is 10. The van der Waals surface area contributed by atoms with Crippen molar-refractivity contribution in [2.24, 2.45) is 5.92 Å². The fourth-order valence-corrected chi connectivity index (χ4v) is 7.84. The molecule has 6 rings (SSSR count). The first-order chi connectivity index (χ1) is 23.0. The summed E-state index contributed by atoms with van der Waals surface area (Å²) in [6.45, 7) is 9.51. The van der Waals surface area contributed by atoms with Crippen LogP contribution in [0.5, 0.6) is 0 Å². The standard InChI is InChI=1S/C38H37I3N4O3/c1-5-44-21-33(23(3)42-44)31(19-35(46)25-7-13-28(39)14-8-25)37-32(34-22-45(6-2)43-24(34)4)20-36(26-9-15-29(40)16-10-26)48-38(37,47)27-11-17-30(41)18-12-27/h7-18,20-22,31-32,37,47H,5-6,19H2,1-4H3/t31-,32+,37-,38-/m1/s1. The first kappa shape index (κ1) is 35.3. The normalized spacial score (nSPS) is 19.9. The number of hydrogen-bond donors (Lipinski definition) is 1. The van der Waals surface area contributed by atoms with Crippen molar-refractivity contribution in [3.05, 3.63) is 141 Å². The summed E-state index contributed by atoms with van der Waals surface area (Å²) in [5, 5.41) is 23.0. The summed E-state index contributed by atoms with van der Waals surface area (Å²) in [6.07, 6.45) is 6.39. The van der Waals surface area contributed by atoms with Gasteiger partial charge in [0.25, 0.3) is 0 Å². The van der Waals surface area contributed by atoms with Crippen LogP contribution >= 0.6 is 67.8 Å². The van der Waals surface area contributed by atoms with Gasteiger partial charge >= 0.3 is 0 Å². The molecule has 4 atom stereocenters. The highest BCUT2D eigenvalue weighted by atomic mass is 127. The van der Waals surface area contributed by atoms with Crippen LogP contribution in [0.4, 0.5) is 0 Å². The fourth-order valence-electron chi connectivity index (χ4n) is 6.76. The molecular formula is C38H37I3N4O3. The Labute approximate surface area is 322 Å². The molecule has 48 heavy (non-hydrogen) atoms. The number of allylic oxidation sites excluding steroid dienone is 1. The Morgan fingerprint density at radius 1 is 0.833 bits per heavy atom. The summed E-state index contributed by atoms with van der Waals surface area (Å²) in [7, 11) is 0. The summed E-state index contributed by atoms with van der Waals surface area (Å²) in [4.78, 5) is 14.3. The number of ether oxygens (including phenoxy) is 1. The highest BCUT2D eigenvalue weighted by Crippen LogP contribution is 2.55. The summed E-state index contributed by atoms with van der Waals surface area (Å²) >= 11 is 6.82. The zero-order valence-corrected chi connectivity index (χ0v) is 33.7. The van der Waals surface area contributed by atoms with Crippen LogP contribution in [0.1, 0.15) is 76.1 Å². The average Bonchev–Trinajstić information content (AvgIpc) is 3.65. The zero-order chi connectivity index (χ0) is 34.2. The van der Waals surface area contributed by atoms with Gasteiger partial charge in [-0.1, -0.05) is 36.4 Å². The number of Topliss-reactive ketones (excluding diaryl/α,β-unsaturated/α-hetero) is 1. The quantitative estimate of drug-likeness (QED) is 0.112. The number of aliphatic hydroxyl groups is 1. The number of halogens is 3. The van der Waals surface area contributed by atoms with Gasteiger partial charge in [-0.3, -0.25) is 14.2 Å². The minimum Gasteiger partial charge on any atom is -0.458 e. The highest BCUT2D eigenvalue weighted by Gasteiger charge is 2.54. The molecule has 7 nitrogen and oxygen atoms in total. The third-order valence-corrected chi connectivity index (χ3v) is 11.4. The van der Waals surface area contributed by atoms with Gasteiger partial charge in [0.15, 0.2) is 5.78 Å². The van der Waals surface area contributed by atoms with Crippen molar-refractivity contribution in [1.82, 2.24) is 19.6 Å². The molecule has 0 saturated heterocycles. The van der Waals surface area contributed by atoms with E-state index in [0.717, 1.165) is 38.8 Å². The highest BCUT2D eigenvalue weighted by molar-refractivity contribution is 14.1. The molecule has 10 heteroatoms. The molecule has 5 aromatic rings. The largest absolute Gasteiger partial charge is 0.458 e. The molecule has 3 aromatic carbocycles. The molecule has 1 aliphatic rings. The lowest BCUT2D eigenvalue weighted by atomic mass is 9.66. The maximum absolute atomic E-state index is 14.3. The van der Waals surface area contributed by atoms with Crippen molar-refractivity contribution in [1.29, 1.82) is 0 Å². The molecule has 1 N–H and O–H groups in total. The minimum absolute atomic E-state index is 0.00264. The summed E-state index contributed by atoms with van der Waals surface area (Å²) in [5.74, 6) is -2.69. The summed E-state index contributed by atoms with van der Waals surface area (Å²) in [6, 6.07) is 23.6. The Morgan fingerprint density at radius 2 is 1.38 bits per heavy atom. The number of aromatic nitrogens is 4. The third kappa shape index (κ3) is 7.17. The number of aryl methyl sites for hydroxylation is 4. The molecule has 1 aliphatic heterocycles. The first-order valence-corrected chi connectivity index (χ1v) is 19.3. The predicted molar refractivity (Wildman–Crippen MR) is 214 cm³/mol. The number of benzene rings is 3. The van der Waals surface area contributed by atoms with Gasteiger partial charge in [-0.15, -0.1) is 0 Å². The number of hydrogen-bond acceptors (Lipinski definition) is 5. The van der Waals surface area contributed by atoms with Crippen molar-refractivity contribution < 1.29 is 14.6 Å². The molecule has 2 aromatic heterocycles. The van der Waals surface area contributed by atoms with Crippen LogP contribution in [0.2, 0.25) is 0 Å². The topological polar surface area (TPSA) is 82.2 Å². The molecule has 0 unspecified atom stereocenters. The van der Waals surface area contributed by atoms with Crippen LogP contribution in [0.3, 0.4) is 0 Å². The molecule has 3 heterocycles. The van der Waals surface area contributed by atoms with Crippen LogP contribution < -0.4 is 0 Å². The lowest BCUT2D eigenvalue weighted by Crippen LogP contribution is -2.46. The van der Waals surface area contributed by atoms with Gasteiger partial charge in [0.2, 0.25) is 5.79 Å². The van der Waals surface area contributed by atoms with Gasteiger partial charge in [-0.25, -0.2) is 0 Å².